The zero-order chi connectivity index (χ0) is 9.38. The number of rotatable bonds is 2. The van der Waals surface area contributed by atoms with E-state index in [1.54, 1.807) is 11.3 Å². The summed E-state index contributed by atoms with van der Waals surface area (Å²) in [7, 11) is 0. The van der Waals surface area contributed by atoms with E-state index in [0.29, 0.717) is 6.04 Å². The third-order valence-electron chi connectivity index (χ3n) is 3.04. The molecule has 1 saturated heterocycles. The van der Waals surface area contributed by atoms with E-state index >= 15 is 0 Å². The Morgan fingerprint density at radius 3 is 3.00 bits per heavy atom. The Labute approximate surface area is 105 Å². The van der Waals surface area contributed by atoms with Gasteiger partial charge in [0.15, 0.2) is 0 Å². The summed E-state index contributed by atoms with van der Waals surface area (Å²) in [5, 5.41) is 6.82. The largest absolute Gasteiger partial charge is 0.313 e. The minimum Gasteiger partial charge on any atom is -0.313 e. The molecule has 1 aromatic heterocycles. The van der Waals surface area contributed by atoms with Crippen molar-refractivity contribution in [3.63, 3.8) is 0 Å². The lowest BCUT2D eigenvalue weighted by Crippen LogP contribution is -2.46. The van der Waals surface area contributed by atoms with Gasteiger partial charge >= 0.3 is 0 Å². The lowest BCUT2D eigenvalue weighted by atomic mass is 10.2. The van der Waals surface area contributed by atoms with E-state index in [1.807, 2.05) is 6.20 Å². The van der Waals surface area contributed by atoms with E-state index in [4.69, 9.17) is 0 Å². The molecule has 1 atom stereocenters. The first kappa shape index (κ1) is 11.5. The van der Waals surface area contributed by atoms with Gasteiger partial charge in [-0.2, -0.15) is 0 Å². The van der Waals surface area contributed by atoms with Crippen molar-refractivity contribution in [1.82, 2.24) is 15.2 Å². The molecule has 1 saturated carbocycles. The summed E-state index contributed by atoms with van der Waals surface area (Å²) in [5.74, 6) is 0. The molecular formula is C10H16BrN3S. The third-order valence-corrected chi connectivity index (χ3v) is 3.91. The van der Waals surface area contributed by atoms with Gasteiger partial charge in [0, 0.05) is 37.3 Å². The molecule has 0 radical (unpaired) electrons. The zero-order valence-electron chi connectivity index (χ0n) is 8.56. The van der Waals surface area contributed by atoms with Crippen LogP contribution in [0, 0.1) is 0 Å². The van der Waals surface area contributed by atoms with Gasteiger partial charge in [0.2, 0.25) is 0 Å². The average molecular weight is 290 g/mol. The maximum Gasteiger partial charge on any atom is 0.111 e. The van der Waals surface area contributed by atoms with E-state index in [2.05, 4.69) is 20.6 Å². The number of nitrogens with zero attached hydrogens (tertiary/aromatic N) is 2. The van der Waals surface area contributed by atoms with E-state index in [1.165, 1.54) is 24.4 Å². The average Bonchev–Trinajstić information content (AvgIpc) is 2.94. The van der Waals surface area contributed by atoms with Gasteiger partial charge in [-0.3, -0.25) is 4.90 Å². The van der Waals surface area contributed by atoms with Crippen LogP contribution in [0.15, 0.2) is 11.6 Å². The fraction of sp³-hybridized carbons (Fsp3) is 0.700. The van der Waals surface area contributed by atoms with E-state index < -0.39 is 0 Å². The summed E-state index contributed by atoms with van der Waals surface area (Å²) >= 11 is 1.79. The second-order valence-corrected chi connectivity index (χ2v) is 4.99. The highest BCUT2D eigenvalue weighted by atomic mass is 79.9. The van der Waals surface area contributed by atoms with Gasteiger partial charge in [-0.15, -0.1) is 28.3 Å². The molecule has 15 heavy (non-hydrogen) atoms. The van der Waals surface area contributed by atoms with Crippen LogP contribution in [-0.2, 0) is 0 Å². The Morgan fingerprint density at radius 1 is 1.47 bits per heavy atom. The molecule has 1 N–H and O–H groups in total. The highest BCUT2D eigenvalue weighted by molar-refractivity contribution is 8.93. The molecule has 84 valence electrons. The summed E-state index contributed by atoms with van der Waals surface area (Å²) in [6.07, 6.45) is 4.70. The molecule has 1 aliphatic carbocycles. The van der Waals surface area contributed by atoms with Crippen LogP contribution >= 0.6 is 28.3 Å². The quantitative estimate of drug-likeness (QED) is 0.900. The molecule has 3 nitrogen and oxygen atoms in total. The summed E-state index contributed by atoms with van der Waals surface area (Å²) < 4.78 is 0. The van der Waals surface area contributed by atoms with Gasteiger partial charge in [-0.1, -0.05) is 0 Å². The molecule has 0 bridgehead atoms. The van der Waals surface area contributed by atoms with Gasteiger partial charge in [-0.05, 0) is 12.8 Å². The molecule has 1 aliphatic heterocycles. The Kier molecular flexibility index (Phi) is 3.77. The minimum absolute atomic E-state index is 0. The fourth-order valence-corrected chi connectivity index (χ4v) is 2.95. The Hall–Kier alpha value is 0.0300. The lowest BCUT2D eigenvalue weighted by molar-refractivity contribution is 0.152. The van der Waals surface area contributed by atoms with Gasteiger partial charge in [0.25, 0.3) is 0 Å². The van der Waals surface area contributed by atoms with Crippen LogP contribution in [0.5, 0.6) is 0 Å². The number of hydrogen-bond donors (Lipinski definition) is 1. The predicted molar refractivity (Wildman–Crippen MR) is 67.8 cm³/mol. The fourth-order valence-electron chi connectivity index (χ4n) is 2.19. The van der Waals surface area contributed by atoms with Crippen molar-refractivity contribution in [3.05, 3.63) is 16.6 Å². The first-order valence-corrected chi connectivity index (χ1v) is 6.19. The Bertz CT molecular complexity index is 300. The van der Waals surface area contributed by atoms with Crippen LogP contribution in [-0.4, -0.2) is 35.6 Å². The molecule has 0 aromatic carbocycles. The first-order chi connectivity index (χ1) is 6.95. The summed E-state index contributed by atoms with van der Waals surface area (Å²) in [5.41, 5.74) is 0. The topological polar surface area (TPSA) is 28.2 Å². The van der Waals surface area contributed by atoms with Crippen LogP contribution in [0.2, 0.25) is 0 Å². The van der Waals surface area contributed by atoms with Gasteiger partial charge in [0.05, 0.1) is 6.04 Å². The van der Waals surface area contributed by atoms with Crippen LogP contribution in [0.1, 0.15) is 23.9 Å². The lowest BCUT2D eigenvalue weighted by Gasteiger charge is -2.35. The maximum atomic E-state index is 4.44. The van der Waals surface area contributed by atoms with Crippen LogP contribution in [0.4, 0.5) is 0 Å². The molecule has 0 spiro atoms. The molecular weight excluding hydrogens is 274 g/mol. The van der Waals surface area contributed by atoms with Crippen molar-refractivity contribution >= 4 is 28.3 Å². The molecule has 2 aliphatic rings. The van der Waals surface area contributed by atoms with Crippen LogP contribution in [0.25, 0.3) is 0 Å². The van der Waals surface area contributed by atoms with Crippen LogP contribution < -0.4 is 5.32 Å². The summed E-state index contributed by atoms with van der Waals surface area (Å²) in [6, 6.07) is 1.39. The number of halogens is 1. The standard InChI is InChI=1S/C10H15N3S.BrH/c1-2-8(1)13-5-3-11-7-9(13)10-12-4-6-14-10;/h4,6,8-9,11H,1-3,5,7H2;1H. The third kappa shape index (κ3) is 2.41. The molecule has 5 heteroatoms. The zero-order valence-corrected chi connectivity index (χ0v) is 11.1. The van der Waals surface area contributed by atoms with Crippen molar-refractivity contribution in [1.29, 1.82) is 0 Å². The molecule has 2 heterocycles. The minimum atomic E-state index is 0. The van der Waals surface area contributed by atoms with Gasteiger partial charge in [0.1, 0.15) is 5.01 Å². The molecule has 3 rings (SSSR count). The van der Waals surface area contributed by atoms with Crippen molar-refractivity contribution in [3.8, 4) is 0 Å². The van der Waals surface area contributed by atoms with E-state index in [-0.39, 0.29) is 17.0 Å². The van der Waals surface area contributed by atoms with Crippen molar-refractivity contribution in [2.45, 2.75) is 24.9 Å². The SMILES string of the molecule is Br.c1csc(C2CNCCN2C2CC2)n1. The molecule has 0 amide bonds. The second-order valence-electron chi connectivity index (χ2n) is 4.06. The number of aromatic nitrogens is 1. The highest BCUT2D eigenvalue weighted by Crippen LogP contribution is 2.35. The van der Waals surface area contributed by atoms with E-state index in [0.717, 1.165) is 19.1 Å². The van der Waals surface area contributed by atoms with Crippen molar-refractivity contribution in [2.75, 3.05) is 19.6 Å². The number of hydrogen-bond acceptors (Lipinski definition) is 4. The number of thiazole rings is 1. The summed E-state index contributed by atoms with van der Waals surface area (Å²) in [6.45, 7) is 3.40. The van der Waals surface area contributed by atoms with Crippen molar-refractivity contribution in [2.24, 2.45) is 0 Å². The van der Waals surface area contributed by atoms with Crippen LogP contribution in [0.3, 0.4) is 0 Å². The monoisotopic (exact) mass is 289 g/mol. The smallest absolute Gasteiger partial charge is 0.111 e. The van der Waals surface area contributed by atoms with Gasteiger partial charge < -0.3 is 5.32 Å². The molecule has 2 fully saturated rings. The highest BCUT2D eigenvalue weighted by Gasteiger charge is 2.36. The Balaban J connectivity index is 0.000000853. The van der Waals surface area contributed by atoms with Gasteiger partial charge in [-0.25, -0.2) is 4.98 Å². The van der Waals surface area contributed by atoms with Crippen molar-refractivity contribution < 1.29 is 0 Å². The number of nitrogens with one attached hydrogen (secondary N) is 1. The predicted octanol–water partition coefficient (Wildman–Crippen LogP) is 1.83. The first-order valence-electron chi connectivity index (χ1n) is 5.31. The normalized spacial score (nSPS) is 27.3. The summed E-state index contributed by atoms with van der Waals surface area (Å²) in [4.78, 5) is 7.07. The molecule has 1 unspecified atom stereocenters. The Morgan fingerprint density at radius 2 is 2.33 bits per heavy atom. The second kappa shape index (κ2) is 4.91. The van der Waals surface area contributed by atoms with E-state index in [9.17, 15) is 0 Å². The maximum absolute atomic E-state index is 4.44. The number of piperazine rings is 1. The molecule has 1 aromatic rings.